The molecule has 8 nitrogen and oxygen atoms in total. The molecule has 2 atom stereocenters. The molecule has 0 rings (SSSR count). The van der Waals surface area contributed by atoms with Gasteiger partial charge in [0.25, 0.3) is 0 Å². The van der Waals surface area contributed by atoms with Gasteiger partial charge in [-0.2, -0.15) is 0 Å². The van der Waals surface area contributed by atoms with E-state index in [-0.39, 0.29) is 12.0 Å². The highest BCUT2D eigenvalue weighted by Gasteiger charge is 2.21. The van der Waals surface area contributed by atoms with E-state index in [9.17, 15) is 14.7 Å². The lowest BCUT2D eigenvalue weighted by molar-refractivity contribution is -0.124. The van der Waals surface area contributed by atoms with Crippen LogP contribution >= 0.6 is 0 Å². The molecule has 0 aromatic rings. The quantitative estimate of drug-likeness (QED) is 0.0494. The van der Waals surface area contributed by atoms with Crippen molar-refractivity contribution in [2.45, 2.75) is 199 Å². The first-order valence-electron chi connectivity index (χ1n) is 19.7. The summed E-state index contributed by atoms with van der Waals surface area (Å²) >= 11 is 0. The van der Waals surface area contributed by atoms with Crippen LogP contribution < -0.4 is 16.4 Å². The van der Waals surface area contributed by atoms with Crippen LogP contribution in [0.25, 0.3) is 0 Å². The number of amides is 2. The number of carbonyl (C=O) groups is 2. The molecule has 8 heteroatoms. The van der Waals surface area contributed by atoms with Crippen LogP contribution in [0, 0.1) is 0 Å². The Morgan fingerprint density at radius 2 is 1.04 bits per heavy atom. The lowest BCUT2D eigenvalue weighted by Crippen LogP contribution is -2.48. The third kappa shape index (κ3) is 32.6. The Labute approximate surface area is 284 Å². The van der Waals surface area contributed by atoms with Crippen molar-refractivity contribution in [3.8, 4) is 0 Å². The number of carboxylic acid groups (broad SMARTS) is 1. The van der Waals surface area contributed by atoms with Gasteiger partial charge in [0.1, 0.15) is 6.04 Å². The summed E-state index contributed by atoms with van der Waals surface area (Å²) in [6, 6.07) is -0.789. The number of rotatable bonds is 37. The van der Waals surface area contributed by atoms with Crippen LogP contribution in [-0.2, 0) is 14.3 Å². The van der Waals surface area contributed by atoms with Crippen LogP contribution in [0.15, 0.2) is 0 Å². The predicted octanol–water partition coefficient (Wildman–Crippen LogP) is 9.67. The zero-order chi connectivity index (χ0) is 33.8. The number of hydrogen-bond donors (Lipinski definition) is 4. The Morgan fingerprint density at radius 1 is 0.609 bits per heavy atom. The summed E-state index contributed by atoms with van der Waals surface area (Å²) in [5, 5.41) is 14.4. The monoisotopic (exact) mass is 656 g/mol. The Morgan fingerprint density at radius 3 is 1.48 bits per heavy atom. The van der Waals surface area contributed by atoms with E-state index < -0.39 is 12.1 Å². The van der Waals surface area contributed by atoms with Crippen molar-refractivity contribution < 1.29 is 24.2 Å². The van der Waals surface area contributed by atoms with Crippen molar-refractivity contribution in [3.63, 3.8) is 0 Å². The Hall–Kier alpha value is -1.38. The number of carbonyl (C=O) groups excluding carboxylic acids is 1. The van der Waals surface area contributed by atoms with Crippen molar-refractivity contribution in [1.29, 1.82) is 0 Å². The van der Waals surface area contributed by atoms with Crippen LogP contribution in [0.5, 0.6) is 0 Å². The molecule has 0 aliphatic carbocycles. The number of unbranched alkanes of at least 4 members (excludes halogenated alkanes) is 23. The minimum absolute atomic E-state index is 0.247. The van der Waals surface area contributed by atoms with Gasteiger partial charge in [-0.3, -0.25) is 4.79 Å². The molecule has 0 fully saturated rings. The molecule has 0 saturated heterocycles. The maximum Gasteiger partial charge on any atom is 0.405 e. The molecule has 0 heterocycles. The molecule has 2 amide bonds. The second-order valence-electron chi connectivity index (χ2n) is 13.4. The van der Waals surface area contributed by atoms with Crippen LogP contribution in [0.2, 0.25) is 0 Å². The van der Waals surface area contributed by atoms with Crippen LogP contribution in [-0.4, -0.2) is 62.2 Å². The number of nitrogens with two attached hydrogens (primary N) is 1. The molecule has 46 heavy (non-hydrogen) atoms. The average molecular weight is 656 g/mol. The van der Waals surface area contributed by atoms with Crippen LogP contribution in [0.3, 0.4) is 0 Å². The normalized spacial score (nSPS) is 12.7. The first-order chi connectivity index (χ1) is 22.5. The lowest BCUT2D eigenvalue weighted by atomic mass is 10.1. The molecule has 0 aliphatic heterocycles. The largest absolute Gasteiger partial charge is 0.465 e. The Kier molecular flexibility index (Phi) is 35.4. The van der Waals surface area contributed by atoms with Gasteiger partial charge in [0, 0.05) is 19.8 Å². The maximum absolute atomic E-state index is 12.8. The van der Waals surface area contributed by atoms with Gasteiger partial charge in [0.2, 0.25) is 5.91 Å². The highest BCUT2D eigenvalue weighted by molar-refractivity contribution is 5.85. The van der Waals surface area contributed by atoms with Gasteiger partial charge < -0.3 is 30.9 Å². The lowest BCUT2D eigenvalue weighted by Gasteiger charge is -2.21. The summed E-state index contributed by atoms with van der Waals surface area (Å²) in [7, 11) is 0. The van der Waals surface area contributed by atoms with Crippen molar-refractivity contribution in [2.24, 2.45) is 5.73 Å². The van der Waals surface area contributed by atoms with Gasteiger partial charge in [-0.15, -0.1) is 0 Å². The summed E-state index contributed by atoms with van der Waals surface area (Å²) in [6.07, 6.45) is 31.8. The average Bonchev–Trinajstić information content (AvgIpc) is 3.04. The van der Waals surface area contributed by atoms with Gasteiger partial charge in [-0.25, -0.2) is 4.79 Å². The number of hydrogen-bond acceptors (Lipinski definition) is 5. The molecule has 0 saturated carbocycles. The van der Waals surface area contributed by atoms with Gasteiger partial charge in [0.05, 0.1) is 12.7 Å². The minimum Gasteiger partial charge on any atom is -0.465 e. The van der Waals surface area contributed by atoms with Gasteiger partial charge in [-0.1, -0.05) is 155 Å². The fourth-order valence-electron chi connectivity index (χ4n) is 5.87. The summed E-state index contributed by atoms with van der Waals surface area (Å²) in [5.41, 5.74) is 5.57. The zero-order valence-corrected chi connectivity index (χ0v) is 30.4. The first-order valence-corrected chi connectivity index (χ1v) is 19.7. The van der Waals surface area contributed by atoms with Gasteiger partial charge in [0.15, 0.2) is 0 Å². The molecule has 1 unspecified atom stereocenters. The third-order valence-corrected chi connectivity index (χ3v) is 8.86. The SMILES string of the molecule is CCCCCCCCCCCCCCOCC(CNC(=O)[C@H](CCCCN)NC(=O)O)OCCCCCCCCCCCCCC. The van der Waals surface area contributed by atoms with E-state index in [1.165, 1.54) is 135 Å². The molecule has 0 bridgehead atoms. The second kappa shape index (κ2) is 36.5. The Balaban J connectivity index is 4.30. The second-order valence-corrected chi connectivity index (χ2v) is 13.4. The molecule has 0 aliphatic rings. The van der Waals surface area contributed by atoms with Crippen molar-refractivity contribution in [1.82, 2.24) is 10.6 Å². The molecule has 0 spiro atoms. The third-order valence-electron chi connectivity index (χ3n) is 8.86. The maximum atomic E-state index is 12.8. The summed E-state index contributed by atoms with van der Waals surface area (Å²) in [6.45, 7) is 7.14. The molecule has 0 aromatic carbocycles. The summed E-state index contributed by atoms with van der Waals surface area (Å²) < 4.78 is 12.2. The van der Waals surface area contributed by atoms with E-state index in [2.05, 4.69) is 24.5 Å². The molecule has 274 valence electrons. The molecule has 0 radical (unpaired) electrons. The van der Waals surface area contributed by atoms with E-state index in [4.69, 9.17) is 15.2 Å². The van der Waals surface area contributed by atoms with Crippen molar-refractivity contribution >= 4 is 12.0 Å². The molecule has 0 aromatic heterocycles. The van der Waals surface area contributed by atoms with Crippen LogP contribution in [0.1, 0.15) is 187 Å². The van der Waals surface area contributed by atoms with E-state index >= 15 is 0 Å². The topological polar surface area (TPSA) is 123 Å². The number of ether oxygens (including phenoxy) is 2. The first kappa shape index (κ1) is 44.6. The standard InChI is InChI=1S/C38H77N3O5/c1-3-5-7-9-11-13-15-17-19-21-23-27-31-45-34-35(33-40-37(42)36(41-38(43)44)29-25-26-30-39)46-32-28-24-22-20-18-16-14-12-10-8-6-4-2/h35-36,41H,3-34,39H2,1-2H3,(H,40,42)(H,43,44)/t35?,36-/m0/s1. The fraction of sp³-hybridized carbons (Fsp3) is 0.947. The van der Waals surface area contributed by atoms with Gasteiger partial charge >= 0.3 is 6.09 Å². The highest BCUT2D eigenvalue weighted by Crippen LogP contribution is 2.13. The minimum atomic E-state index is -1.20. The smallest absolute Gasteiger partial charge is 0.405 e. The predicted molar refractivity (Wildman–Crippen MR) is 194 cm³/mol. The molecule has 5 N–H and O–H groups in total. The van der Waals surface area contributed by atoms with E-state index in [0.717, 1.165) is 25.7 Å². The summed E-state index contributed by atoms with van der Waals surface area (Å²) in [4.78, 5) is 24.0. The Bertz CT molecular complexity index is 652. The summed E-state index contributed by atoms with van der Waals surface area (Å²) in [5.74, 6) is -0.320. The molecular formula is C38H77N3O5. The van der Waals surface area contributed by atoms with E-state index in [1.807, 2.05) is 0 Å². The molecular weight excluding hydrogens is 578 g/mol. The van der Waals surface area contributed by atoms with Crippen molar-refractivity contribution in [3.05, 3.63) is 0 Å². The fourth-order valence-corrected chi connectivity index (χ4v) is 5.87. The van der Waals surface area contributed by atoms with Gasteiger partial charge in [-0.05, 0) is 38.6 Å². The van der Waals surface area contributed by atoms with Crippen LogP contribution in [0.4, 0.5) is 4.79 Å². The van der Waals surface area contributed by atoms with E-state index in [1.54, 1.807) is 0 Å². The highest BCUT2D eigenvalue weighted by atomic mass is 16.5. The van der Waals surface area contributed by atoms with Crippen molar-refractivity contribution in [2.75, 3.05) is 32.9 Å². The zero-order valence-electron chi connectivity index (χ0n) is 30.4. The number of nitrogens with one attached hydrogen (secondary N) is 2. The van der Waals surface area contributed by atoms with E-state index in [0.29, 0.717) is 45.8 Å².